The third kappa shape index (κ3) is 4.32. The molecule has 2 atom stereocenters. The Morgan fingerprint density at radius 1 is 1.03 bits per heavy atom. The second kappa shape index (κ2) is 8.66. The molecule has 158 valence electrons. The lowest BCUT2D eigenvalue weighted by Gasteiger charge is -2.17. The number of aryl methyl sites for hydroxylation is 1. The highest BCUT2D eigenvalue weighted by Crippen LogP contribution is 2.30. The second-order valence-electron chi connectivity index (χ2n) is 7.32. The molecule has 31 heavy (non-hydrogen) atoms. The summed E-state index contributed by atoms with van der Waals surface area (Å²) in [6.07, 6.45) is 5.06. The molecule has 0 spiro atoms. The van der Waals surface area contributed by atoms with Gasteiger partial charge in [0.15, 0.2) is 0 Å². The van der Waals surface area contributed by atoms with Gasteiger partial charge in [-0.05, 0) is 24.6 Å². The first-order valence-corrected chi connectivity index (χ1v) is 9.79. The van der Waals surface area contributed by atoms with Gasteiger partial charge in [0.25, 0.3) is 0 Å². The van der Waals surface area contributed by atoms with Gasteiger partial charge in [-0.2, -0.15) is 0 Å². The normalized spacial score (nSPS) is 13.2. The van der Waals surface area contributed by atoms with E-state index in [0.717, 1.165) is 11.3 Å². The van der Waals surface area contributed by atoms with Crippen LogP contribution in [-0.4, -0.2) is 36.6 Å². The lowest BCUT2D eigenvalue weighted by Crippen LogP contribution is -2.13. The SMILES string of the molecule is Cc1cnc(-c2cc(NC[C@@H](C)c3ccc(F)c4c(C(N)O)ccnc34)ncn2)cn1. The van der Waals surface area contributed by atoms with Crippen molar-refractivity contribution in [3.05, 3.63) is 71.8 Å². The zero-order valence-electron chi connectivity index (χ0n) is 17.1. The minimum absolute atomic E-state index is 0.0293. The van der Waals surface area contributed by atoms with Crippen molar-refractivity contribution in [1.29, 1.82) is 0 Å². The van der Waals surface area contributed by atoms with Gasteiger partial charge in [0.1, 0.15) is 29.9 Å². The minimum atomic E-state index is -1.28. The van der Waals surface area contributed by atoms with Crippen LogP contribution >= 0.6 is 0 Å². The van der Waals surface area contributed by atoms with Crippen molar-refractivity contribution >= 4 is 16.7 Å². The van der Waals surface area contributed by atoms with Crippen molar-refractivity contribution in [2.45, 2.75) is 26.0 Å². The van der Waals surface area contributed by atoms with Crippen LogP contribution in [0.2, 0.25) is 0 Å². The van der Waals surface area contributed by atoms with Crippen LogP contribution in [0.5, 0.6) is 0 Å². The van der Waals surface area contributed by atoms with Crippen molar-refractivity contribution in [3.8, 4) is 11.4 Å². The highest BCUT2D eigenvalue weighted by Gasteiger charge is 2.18. The quantitative estimate of drug-likeness (QED) is 0.408. The van der Waals surface area contributed by atoms with Gasteiger partial charge in [-0.3, -0.25) is 15.0 Å². The summed E-state index contributed by atoms with van der Waals surface area (Å²) in [4.78, 5) is 21.5. The summed E-state index contributed by atoms with van der Waals surface area (Å²) in [5, 5.41) is 13.3. The van der Waals surface area contributed by atoms with Gasteiger partial charge in [0.2, 0.25) is 0 Å². The number of aliphatic hydroxyl groups is 1. The number of anilines is 1. The van der Waals surface area contributed by atoms with Crippen LogP contribution in [0.1, 0.15) is 35.9 Å². The fourth-order valence-corrected chi connectivity index (χ4v) is 3.40. The van der Waals surface area contributed by atoms with E-state index in [9.17, 15) is 9.50 Å². The van der Waals surface area contributed by atoms with Crippen LogP contribution < -0.4 is 11.1 Å². The molecule has 0 bridgehead atoms. The Morgan fingerprint density at radius 2 is 1.87 bits per heavy atom. The fourth-order valence-electron chi connectivity index (χ4n) is 3.40. The monoisotopic (exact) mass is 419 g/mol. The number of hydrogen-bond donors (Lipinski definition) is 3. The Kier molecular flexibility index (Phi) is 5.79. The molecule has 1 aromatic carbocycles. The number of aromatic nitrogens is 5. The maximum atomic E-state index is 14.5. The molecule has 3 heterocycles. The number of aliphatic hydroxyl groups excluding tert-OH is 1. The molecule has 0 aliphatic carbocycles. The van der Waals surface area contributed by atoms with Crippen LogP contribution in [0, 0.1) is 12.7 Å². The van der Waals surface area contributed by atoms with Crippen LogP contribution in [0.4, 0.5) is 10.2 Å². The molecular formula is C22H22FN7O. The molecule has 4 aromatic rings. The number of rotatable bonds is 6. The summed E-state index contributed by atoms with van der Waals surface area (Å²) in [5.41, 5.74) is 9.38. The average Bonchev–Trinajstić information content (AvgIpc) is 2.78. The smallest absolute Gasteiger partial charge is 0.133 e. The molecule has 8 nitrogen and oxygen atoms in total. The van der Waals surface area contributed by atoms with Gasteiger partial charge >= 0.3 is 0 Å². The van der Waals surface area contributed by atoms with E-state index >= 15 is 0 Å². The Labute approximate surface area is 178 Å². The third-order valence-electron chi connectivity index (χ3n) is 5.05. The standard InChI is InChI=1S/C22H22FN7O/c1-12(14-3-4-16(23)20-15(22(24)31)5-6-25-21(14)20)8-28-19-7-17(29-11-30-19)18-10-26-13(2)9-27-18/h3-7,9-12,22,31H,8,24H2,1-2H3,(H,28,29,30)/t12-,22?/m1/s1. The van der Waals surface area contributed by atoms with Crippen molar-refractivity contribution in [2.75, 3.05) is 11.9 Å². The Bertz CT molecular complexity index is 1210. The highest BCUT2D eigenvalue weighted by molar-refractivity contribution is 5.86. The lowest BCUT2D eigenvalue weighted by molar-refractivity contribution is 0.187. The predicted octanol–water partition coefficient (Wildman–Crippen LogP) is 3.09. The number of pyridine rings is 1. The van der Waals surface area contributed by atoms with Gasteiger partial charge in [0.05, 0.1) is 23.1 Å². The zero-order chi connectivity index (χ0) is 22.0. The van der Waals surface area contributed by atoms with E-state index in [-0.39, 0.29) is 11.3 Å². The molecule has 9 heteroatoms. The summed E-state index contributed by atoms with van der Waals surface area (Å²) in [6, 6.07) is 6.41. The molecule has 0 aliphatic heterocycles. The van der Waals surface area contributed by atoms with Gasteiger partial charge in [0, 0.05) is 41.9 Å². The van der Waals surface area contributed by atoms with Crippen molar-refractivity contribution in [3.63, 3.8) is 0 Å². The van der Waals surface area contributed by atoms with Gasteiger partial charge in [-0.15, -0.1) is 0 Å². The van der Waals surface area contributed by atoms with Crippen LogP contribution in [0.15, 0.2) is 49.2 Å². The van der Waals surface area contributed by atoms with E-state index in [4.69, 9.17) is 5.73 Å². The zero-order valence-corrected chi connectivity index (χ0v) is 17.1. The number of hydrogen-bond acceptors (Lipinski definition) is 8. The molecule has 1 unspecified atom stereocenters. The van der Waals surface area contributed by atoms with E-state index < -0.39 is 12.0 Å². The second-order valence-corrected chi connectivity index (χ2v) is 7.32. The number of benzene rings is 1. The summed E-state index contributed by atoms with van der Waals surface area (Å²) in [7, 11) is 0. The summed E-state index contributed by atoms with van der Waals surface area (Å²) < 4.78 is 14.5. The minimum Gasteiger partial charge on any atom is -0.375 e. The van der Waals surface area contributed by atoms with Crippen molar-refractivity contribution in [2.24, 2.45) is 5.73 Å². The third-order valence-corrected chi connectivity index (χ3v) is 5.05. The Hall–Kier alpha value is -3.56. The molecule has 0 aliphatic rings. The Balaban J connectivity index is 1.57. The van der Waals surface area contributed by atoms with Crippen LogP contribution in [0.25, 0.3) is 22.3 Å². The number of nitrogens with one attached hydrogen (secondary N) is 1. The molecule has 4 N–H and O–H groups in total. The van der Waals surface area contributed by atoms with Crippen molar-refractivity contribution < 1.29 is 9.50 Å². The molecule has 0 fully saturated rings. The summed E-state index contributed by atoms with van der Waals surface area (Å²) >= 11 is 0. The number of nitrogens with two attached hydrogens (primary N) is 1. The highest BCUT2D eigenvalue weighted by atomic mass is 19.1. The molecular weight excluding hydrogens is 397 g/mol. The van der Waals surface area contributed by atoms with Gasteiger partial charge < -0.3 is 16.2 Å². The summed E-state index contributed by atoms with van der Waals surface area (Å²) in [5.74, 6) is 0.140. The maximum absolute atomic E-state index is 14.5. The molecule has 0 amide bonds. The van der Waals surface area contributed by atoms with Crippen LogP contribution in [-0.2, 0) is 0 Å². The van der Waals surface area contributed by atoms with E-state index in [1.807, 2.05) is 13.8 Å². The van der Waals surface area contributed by atoms with E-state index in [1.54, 1.807) is 24.5 Å². The predicted molar refractivity (Wildman–Crippen MR) is 116 cm³/mol. The van der Waals surface area contributed by atoms with E-state index in [2.05, 4.69) is 30.2 Å². The Morgan fingerprint density at radius 3 is 2.61 bits per heavy atom. The number of fused-ring (bicyclic) bond motifs is 1. The molecule has 4 rings (SSSR count). The average molecular weight is 419 g/mol. The maximum Gasteiger partial charge on any atom is 0.133 e. The molecule has 3 aromatic heterocycles. The number of nitrogens with zero attached hydrogens (tertiary/aromatic N) is 5. The fraction of sp³-hybridized carbons (Fsp3) is 0.227. The lowest BCUT2D eigenvalue weighted by atomic mass is 9.95. The van der Waals surface area contributed by atoms with Crippen molar-refractivity contribution in [1.82, 2.24) is 24.9 Å². The molecule has 0 radical (unpaired) electrons. The first-order chi connectivity index (χ1) is 14.9. The van der Waals surface area contributed by atoms with Gasteiger partial charge in [-0.1, -0.05) is 13.0 Å². The topological polar surface area (TPSA) is 123 Å². The van der Waals surface area contributed by atoms with Crippen LogP contribution in [0.3, 0.4) is 0 Å². The number of halogens is 1. The van der Waals surface area contributed by atoms with E-state index in [0.29, 0.717) is 34.8 Å². The first kappa shape index (κ1) is 20.7. The summed E-state index contributed by atoms with van der Waals surface area (Å²) in [6.45, 7) is 4.39. The van der Waals surface area contributed by atoms with E-state index in [1.165, 1.54) is 24.7 Å². The molecule has 0 saturated carbocycles. The first-order valence-electron chi connectivity index (χ1n) is 9.79. The van der Waals surface area contributed by atoms with Gasteiger partial charge in [-0.25, -0.2) is 14.4 Å². The largest absolute Gasteiger partial charge is 0.375 e. The molecule has 0 saturated heterocycles.